The maximum absolute atomic E-state index is 11.7. The lowest BCUT2D eigenvalue weighted by molar-refractivity contribution is -0.118. The number of benzene rings is 2. The first-order valence-corrected chi connectivity index (χ1v) is 10.3. The molecule has 0 bridgehead atoms. The molecule has 2 heterocycles. The molecule has 0 radical (unpaired) electrons. The number of aromatic nitrogens is 1. The number of amides is 2. The van der Waals surface area contributed by atoms with E-state index in [4.69, 9.17) is 4.74 Å². The average Bonchev–Trinajstić information content (AvgIpc) is 3.05. The van der Waals surface area contributed by atoms with Gasteiger partial charge in [0.25, 0.3) is 5.24 Å². The van der Waals surface area contributed by atoms with E-state index in [1.165, 1.54) is 0 Å². The third kappa shape index (κ3) is 4.51. The number of hydrogen-bond donors (Lipinski definition) is 1. The van der Waals surface area contributed by atoms with Crippen LogP contribution in [0.3, 0.4) is 0 Å². The largest absolute Gasteiger partial charge is 0.492 e. The minimum atomic E-state index is -0.351. The smallest absolute Gasteiger partial charge is 0.286 e. The minimum absolute atomic E-state index is 0.217. The van der Waals surface area contributed by atoms with Crippen LogP contribution in [0, 0.1) is 0 Å². The number of rotatable bonds is 7. The highest BCUT2D eigenvalue weighted by Crippen LogP contribution is 2.25. The number of pyridine rings is 1. The van der Waals surface area contributed by atoms with Crippen LogP contribution >= 0.6 is 11.8 Å². The molecule has 7 heteroatoms. The monoisotopic (exact) mass is 407 g/mol. The fraction of sp³-hybridized carbons (Fsp3) is 0.227. The van der Waals surface area contributed by atoms with Crippen LogP contribution in [0.1, 0.15) is 5.56 Å². The molecule has 1 fully saturated rings. The summed E-state index contributed by atoms with van der Waals surface area (Å²) < 4.78 is 5.87. The first-order chi connectivity index (χ1) is 14.1. The van der Waals surface area contributed by atoms with E-state index in [2.05, 4.69) is 27.3 Å². The van der Waals surface area contributed by atoms with Gasteiger partial charge in [-0.3, -0.25) is 14.9 Å². The molecule has 2 aromatic carbocycles. The van der Waals surface area contributed by atoms with Crippen molar-refractivity contribution in [1.82, 2.24) is 10.3 Å². The van der Waals surface area contributed by atoms with Crippen molar-refractivity contribution in [3.63, 3.8) is 0 Å². The number of imide groups is 1. The molecule has 3 aromatic rings. The van der Waals surface area contributed by atoms with Gasteiger partial charge < -0.3 is 9.64 Å². The van der Waals surface area contributed by atoms with Gasteiger partial charge in [-0.2, -0.15) is 0 Å². The molecule has 6 nitrogen and oxygen atoms in total. The zero-order valence-electron chi connectivity index (χ0n) is 16.0. The van der Waals surface area contributed by atoms with Gasteiger partial charge in [-0.15, -0.1) is 0 Å². The van der Waals surface area contributed by atoms with Crippen LogP contribution in [-0.2, 0) is 11.2 Å². The molecule has 0 aliphatic carbocycles. The van der Waals surface area contributed by atoms with Crippen LogP contribution in [0.2, 0.25) is 0 Å². The summed E-state index contributed by atoms with van der Waals surface area (Å²) in [7, 11) is 2.01. The van der Waals surface area contributed by atoms with Crippen LogP contribution in [0.25, 0.3) is 10.8 Å². The molecule has 1 N–H and O–H groups in total. The Morgan fingerprint density at radius 1 is 1.10 bits per heavy atom. The summed E-state index contributed by atoms with van der Waals surface area (Å²) in [4.78, 5) is 29.5. The second-order valence-corrected chi connectivity index (χ2v) is 8.03. The van der Waals surface area contributed by atoms with E-state index in [1.54, 1.807) is 0 Å². The van der Waals surface area contributed by atoms with Gasteiger partial charge in [-0.05, 0) is 35.6 Å². The lowest BCUT2D eigenvalue weighted by atomic mass is 10.1. The Bertz CT molecular complexity index is 1030. The van der Waals surface area contributed by atoms with E-state index in [-0.39, 0.29) is 16.4 Å². The van der Waals surface area contributed by atoms with Crippen molar-refractivity contribution in [2.75, 3.05) is 25.1 Å². The molecular weight excluding hydrogens is 386 g/mol. The molecule has 4 rings (SSSR count). The summed E-state index contributed by atoms with van der Waals surface area (Å²) >= 11 is 1.05. The zero-order chi connectivity index (χ0) is 20.2. The predicted molar refractivity (Wildman–Crippen MR) is 116 cm³/mol. The highest BCUT2D eigenvalue weighted by atomic mass is 32.2. The third-order valence-electron chi connectivity index (χ3n) is 4.82. The summed E-state index contributed by atoms with van der Waals surface area (Å²) in [6.45, 7) is 1.22. The highest BCUT2D eigenvalue weighted by Gasteiger charge is 2.31. The summed E-state index contributed by atoms with van der Waals surface area (Å²) in [5.74, 6) is 1.49. The van der Waals surface area contributed by atoms with Crippen molar-refractivity contribution >= 4 is 39.5 Å². The van der Waals surface area contributed by atoms with E-state index in [0.29, 0.717) is 19.6 Å². The number of likely N-dealkylation sites (N-methyl/N-ethyl adjacent to an activating group) is 1. The van der Waals surface area contributed by atoms with Gasteiger partial charge in [0.2, 0.25) is 5.91 Å². The van der Waals surface area contributed by atoms with Crippen LogP contribution in [0.4, 0.5) is 10.6 Å². The minimum Gasteiger partial charge on any atom is -0.492 e. The van der Waals surface area contributed by atoms with Gasteiger partial charge in [-0.25, -0.2) is 4.98 Å². The fourth-order valence-corrected chi connectivity index (χ4v) is 4.14. The number of carbonyl (C=O) groups excluding carboxylic acids is 2. The van der Waals surface area contributed by atoms with Gasteiger partial charge in [0, 0.05) is 18.6 Å². The molecule has 1 aliphatic rings. The lowest BCUT2D eigenvalue weighted by Gasteiger charge is -2.20. The predicted octanol–water partition coefficient (Wildman–Crippen LogP) is 3.64. The number of carbonyl (C=O) groups is 2. The maximum atomic E-state index is 11.7. The van der Waals surface area contributed by atoms with Crippen molar-refractivity contribution in [2.24, 2.45) is 0 Å². The molecule has 0 spiro atoms. The van der Waals surface area contributed by atoms with Gasteiger partial charge in [0.1, 0.15) is 18.2 Å². The molecule has 0 unspecified atom stereocenters. The maximum Gasteiger partial charge on any atom is 0.286 e. The third-order valence-corrected chi connectivity index (χ3v) is 5.80. The Morgan fingerprint density at radius 2 is 1.90 bits per heavy atom. The molecule has 1 aromatic heterocycles. The van der Waals surface area contributed by atoms with E-state index in [9.17, 15) is 9.59 Å². The standard InChI is InChI=1S/C22H21N3O3S/c1-25(20-18-5-3-2-4-16(18)10-11-23-20)12-13-28-17-8-6-15(7-9-17)14-19-21(26)24-22(27)29-19/h2-11,19H,12-14H2,1H3,(H,24,26,27)/t19-/m1/s1. The lowest BCUT2D eigenvalue weighted by Crippen LogP contribution is -2.25. The Balaban J connectivity index is 1.31. The Kier molecular flexibility index (Phi) is 5.67. The summed E-state index contributed by atoms with van der Waals surface area (Å²) in [6.07, 6.45) is 2.35. The van der Waals surface area contributed by atoms with Crippen molar-refractivity contribution in [2.45, 2.75) is 11.7 Å². The summed E-state index contributed by atoms with van der Waals surface area (Å²) in [5, 5.41) is 3.97. The first kappa shape index (κ1) is 19.3. The summed E-state index contributed by atoms with van der Waals surface area (Å²) in [5.41, 5.74) is 0.997. The fourth-order valence-electron chi connectivity index (χ4n) is 3.28. The second-order valence-electron chi connectivity index (χ2n) is 6.86. The average molecular weight is 407 g/mol. The van der Waals surface area contributed by atoms with Crippen molar-refractivity contribution in [1.29, 1.82) is 0 Å². The normalized spacial score (nSPS) is 16.1. The molecular formula is C22H21N3O3S. The molecule has 29 heavy (non-hydrogen) atoms. The van der Waals surface area contributed by atoms with E-state index >= 15 is 0 Å². The number of nitrogens with zero attached hydrogens (tertiary/aromatic N) is 2. The molecule has 148 valence electrons. The van der Waals surface area contributed by atoms with Crippen LogP contribution in [0.5, 0.6) is 5.75 Å². The number of ether oxygens (including phenoxy) is 1. The quantitative estimate of drug-likeness (QED) is 0.645. The molecule has 2 amide bonds. The van der Waals surface area contributed by atoms with Gasteiger partial charge in [-0.1, -0.05) is 48.2 Å². The molecule has 1 atom stereocenters. The molecule has 0 saturated carbocycles. The number of fused-ring (bicyclic) bond motifs is 1. The van der Waals surface area contributed by atoms with Crippen molar-refractivity contribution < 1.29 is 14.3 Å². The molecule has 1 saturated heterocycles. The second kappa shape index (κ2) is 8.53. The van der Waals surface area contributed by atoms with E-state index < -0.39 is 0 Å². The van der Waals surface area contributed by atoms with Crippen molar-refractivity contribution in [3.8, 4) is 5.75 Å². The van der Waals surface area contributed by atoms with Crippen LogP contribution < -0.4 is 15.0 Å². The van der Waals surface area contributed by atoms with Gasteiger partial charge in [0.05, 0.1) is 11.8 Å². The van der Waals surface area contributed by atoms with E-state index in [0.717, 1.165) is 39.7 Å². The number of anilines is 1. The number of thioether (sulfide) groups is 1. The van der Waals surface area contributed by atoms with Gasteiger partial charge in [0.15, 0.2) is 0 Å². The van der Waals surface area contributed by atoms with Crippen LogP contribution in [0.15, 0.2) is 60.8 Å². The summed E-state index contributed by atoms with van der Waals surface area (Å²) in [6, 6.07) is 17.9. The number of nitrogens with one attached hydrogen (secondary N) is 1. The Hall–Kier alpha value is -3.06. The zero-order valence-corrected chi connectivity index (χ0v) is 16.8. The SMILES string of the molecule is CN(CCOc1ccc(C[C@H]2SC(=O)NC2=O)cc1)c1nccc2ccccc12. The first-order valence-electron chi connectivity index (χ1n) is 9.38. The topological polar surface area (TPSA) is 71.5 Å². The molecule has 1 aliphatic heterocycles. The highest BCUT2D eigenvalue weighted by molar-refractivity contribution is 8.15. The van der Waals surface area contributed by atoms with E-state index in [1.807, 2.05) is 55.7 Å². The van der Waals surface area contributed by atoms with Gasteiger partial charge >= 0.3 is 0 Å². The van der Waals surface area contributed by atoms with Crippen LogP contribution in [-0.4, -0.2) is 41.6 Å². The Labute approximate surface area is 173 Å². The Morgan fingerprint density at radius 3 is 2.66 bits per heavy atom. The number of hydrogen-bond acceptors (Lipinski definition) is 6. The van der Waals surface area contributed by atoms with Crippen molar-refractivity contribution in [3.05, 3.63) is 66.4 Å².